The summed E-state index contributed by atoms with van der Waals surface area (Å²) in [5.74, 6) is 5.47. The number of carbonyl (C=O) groups excluding carboxylic acids is 2. The van der Waals surface area contributed by atoms with Crippen molar-refractivity contribution in [1.82, 2.24) is 5.32 Å². The first-order valence-corrected chi connectivity index (χ1v) is 5.87. The van der Waals surface area contributed by atoms with E-state index >= 15 is 0 Å². The minimum Gasteiger partial charge on any atom is -0.355 e. The lowest BCUT2D eigenvalue weighted by Crippen LogP contribution is -2.20. The van der Waals surface area contributed by atoms with Gasteiger partial charge in [-0.2, -0.15) is 5.26 Å². The van der Waals surface area contributed by atoms with E-state index < -0.39 is 0 Å². The predicted molar refractivity (Wildman–Crippen MR) is 71.2 cm³/mol. The number of rotatable bonds is 4. The number of nitrogens with zero attached hydrogens (tertiary/aromatic N) is 1. The van der Waals surface area contributed by atoms with Gasteiger partial charge in [0.15, 0.2) is 5.78 Å². The van der Waals surface area contributed by atoms with Gasteiger partial charge in [-0.25, -0.2) is 0 Å². The van der Waals surface area contributed by atoms with Gasteiger partial charge in [0.05, 0.1) is 12.5 Å². The molecule has 19 heavy (non-hydrogen) atoms. The van der Waals surface area contributed by atoms with Gasteiger partial charge in [-0.3, -0.25) is 9.59 Å². The van der Waals surface area contributed by atoms with Crippen LogP contribution in [0, 0.1) is 23.2 Å². The maximum atomic E-state index is 11.7. The van der Waals surface area contributed by atoms with Crippen LogP contribution < -0.4 is 5.32 Å². The molecule has 0 saturated carbocycles. The zero-order valence-electron chi connectivity index (χ0n) is 10.7. The Bertz CT molecular complexity index is 574. The fourth-order valence-corrected chi connectivity index (χ4v) is 1.46. The highest BCUT2D eigenvalue weighted by molar-refractivity contribution is 5.99. The fourth-order valence-electron chi connectivity index (χ4n) is 1.46. The molecule has 0 atom stereocenters. The van der Waals surface area contributed by atoms with Gasteiger partial charge >= 0.3 is 0 Å². The zero-order valence-corrected chi connectivity index (χ0v) is 10.7. The number of Topliss-reactive ketones (excluding diaryl/α,β-unsaturated/α-hetero) is 1. The molecule has 0 unspecified atom stereocenters. The molecule has 4 nitrogen and oxygen atoms in total. The van der Waals surface area contributed by atoms with Crippen LogP contribution in [0.25, 0.3) is 0 Å². The standard InChI is InChI=1S/C15H14N2O2/c1-12(18)17-11-5-4-7-13-6-2-3-8-14(13)15(19)9-10-16/h2-3,6,8H,5,9,11H2,1H3,(H,17,18). The van der Waals surface area contributed by atoms with Gasteiger partial charge in [0, 0.05) is 31.0 Å². The smallest absolute Gasteiger partial charge is 0.216 e. The van der Waals surface area contributed by atoms with E-state index in [4.69, 9.17) is 5.26 Å². The number of benzene rings is 1. The first-order valence-electron chi connectivity index (χ1n) is 5.87. The SMILES string of the molecule is CC(=O)NCCC#Cc1ccccc1C(=O)CC#N. The van der Waals surface area contributed by atoms with Crippen LogP contribution in [0.5, 0.6) is 0 Å². The van der Waals surface area contributed by atoms with E-state index in [2.05, 4.69) is 17.2 Å². The number of carbonyl (C=O) groups is 2. The van der Waals surface area contributed by atoms with Gasteiger partial charge in [-0.05, 0) is 6.07 Å². The molecule has 96 valence electrons. The molecule has 0 aliphatic heterocycles. The van der Waals surface area contributed by atoms with Crippen LogP contribution in [0.15, 0.2) is 24.3 Å². The molecular weight excluding hydrogens is 240 g/mol. The van der Waals surface area contributed by atoms with Crippen molar-refractivity contribution in [3.63, 3.8) is 0 Å². The molecular formula is C15H14N2O2. The Kier molecular flexibility index (Phi) is 5.85. The van der Waals surface area contributed by atoms with E-state index in [1.807, 2.05) is 6.07 Å². The fraction of sp³-hybridized carbons (Fsp3) is 0.267. The van der Waals surface area contributed by atoms with Crippen LogP contribution in [-0.2, 0) is 4.79 Å². The van der Waals surface area contributed by atoms with Gasteiger partial charge in [0.25, 0.3) is 0 Å². The van der Waals surface area contributed by atoms with Gasteiger partial charge in [-0.15, -0.1) is 0 Å². The number of hydrogen-bond acceptors (Lipinski definition) is 3. The average molecular weight is 254 g/mol. The van der Waals surface area contributed by atoms with Crippen molar-refractivity contribution in [3.05, 3.63) is 35.4 Å². The molecule has 1 N–H and O–H groups in total. The average Bonchev–Trinajstić information content (AvgIpc) is 2.38. The number of amides is 1. The van der Waals surface area contributed by atoms with Crippen LogP contribution in [0.1, 0.15) is 35.7 Å². The summed E-state index contributed by atoms with van der Waals surface area (Å²) in [6.07, 6.45) is 0.366. The second kappa shape index (κ2) is 7.68. The van der Waals surface area contributed by atoms with Gasteiger partial charge < -0.3 is 5.32 Å². The quantitative estimate of drug-likeness (QED) is 0.504. The molecule has 1 aromatic rings. The van der Waals surface area contributed by atoms with Gasteiger partial charge in [0.1, 0.15) is 0 Å². The lowest BCUT2D eigenvalue weighted by Gasteiger charge is -2.00. The minimum atomic E-state index is -0.228. The Morgan fingerprint density at radius 1 is 1.32 bits per heavy atom. The summed E-state index contributed by atoms with van der Waals surface area (Å²) in [6, 6.07) is 8.78. The Morgan fingerprint density at radius 2 is 2.05 bits per heavy atom. The second-order valence-corrected chi connectivity index (χ2v) is 3.84. The van der Waals surface area contributed by atoms with Crippen molar-refractivity contribution in [2.45, 2.75) is 19.8 Å². The van der Waals surface area contributed by atoms with Crippen molar-refractivity contribution < 1.29 is 9.59 Å². The van der Waals surface area contributed by atoms with Gasteiger partial charge in [-0.1, -0.05) is 30.0 Å². The summed E-state index contributed by atoms with van der Waals surface area (Å²) in [7, 11) is 0. The van der Waals surface area contributed by atoms with E-state index in [9.17, 15) is 9.59 Å². The molecule has 4 heteroatoms. The molecule has 0 bridgehead atoms. The van der Waals surface area contributed by atoms with E-state index in [-0.39, 0.29) is 18.1 Å². The molecule has 0 heterocycles. The highest BCUT2D eigenvalue weighted by atomic mass is 16.1. The first-order chi connectivity index (χ1) is 9.15. The molecule has 0 spiro atoms. The molecule has 1 amide bonds. The third kappa shape index (κ3) is 5.06. The molecule has 0 aliphatic rings. The number of hydrogen-bond donors (Lipinski definition) is 1. The number of nitrogens with one attached hydrogen (secondary N) is 1. The summed E-state index contributed by atoms with van der Waals surface area (Å²) in [4.78, 5) is 22.4. The molecule has 0 saturated heterocycles. The number of ketones is 1. The van der Waals surface area contributed by atoms with Gasteiger partial charge in [0.2, 0.25) is 5.91 Å². The van der Waals surface area contributed by atoms with Crippen LogP contribution in [0.2, 0.25) is 0 Å². The molecule has 1 rings (SSSR count). The summed E-state index contributed by atoms with van der Waals surface area (Å²) < 4.78 is 0. The Labute approximate surface area is 112 Å². The maximum absolute atomic E-state index is 11.7. The highest BCUT2D eigenvalue weighted by Gasteiger charge is 2.08. The second-order valence-electron chi connectivity index (χ2n) is 3.84. The number of nitriles is 1. The van der Waals surface area contributed by atoms with E-state index in [0.29, 0.717) is 24.1 Å². The predicted octanol–water partition coefficient (Wildman–Crippen LogP) is 1.66. The van der Waals surface area contributed by atoms with Crippen molar-refractivity contribution in [1.29, 1.82) is 5.26 Å². The molecule has 1 aromatic carbocycles. The summed E-state index contributed by atoms with van der Waals surface area (Å²) in [5, 5.41) is 11.2. The minimum absolute atomic E-state index is 0.0913. The Balaban J connectivity index is 2.73. The third-order valence-corrected chi connectivity index (χ3v) is 2.31. The van der Waals surface area contributed by atoms with E-state index in [1.165, 1.54) is 6.92 Å². The summed E-state index contributed by atoms with van der Waals surface area (Å²) >= 11 is 0. The van der Waals surface area contributed by atoms with Crippen LogP contribution >= 0.6 is 0 Å². The molecule has 0 fully saturated rings. The molecule has 0 aromatic heterocycles. The lowest BCUT2D eigenvalue weighted by atomic mass is 10.0. The van der Waals surface area contributed by atoms with Crippen LogP contribution in [-0.4, -0.2) is 18.2 Å². The third-order valence-electron chi connectivity index (χ3n) is 2.31. The van der Waals surface area contributed by atoms with E-state index in [1.54, 1.807) is 24.3 Å². The summed E-state index contributed by atoms with van der Waals surface area (Å²) in [5.41, 5.74) is 1.08. The van der Waals surface area contributed by atoms with Crippen molar-refractivity contribution in [2.24, 2.45) is 0 Å². The topological polar surface area (TPSA) is 70.0 Å². The lowest BCUT2D eigenvalue weighted by molar-refractivity contribution is -0.118. The Hall–Kier alpha value is -2.59. The van der Waals surface area contributed by atoms with Crippen LogP contribution in [0.3, 0.4) is 0 Å². The largest absolute Gasteiger partial charge is 0.355 e. The van der Waals surface area contributed by atoms with Crippen LogP contribution in [0.4, 0.5) is 0 Å². The molecule has 0 aliphatic carbocycles. The van der Waals surface area contributed by atoms with Crippen molar-refractivity contribution >= 4 is 11.7 Å². The van der Waals surface area contributed by atoms with E-state index in [0.717, 1.165) is 0 Å². The maximum Gasteiger partial charge on any atom is 0.216 e. The highest BCUT2D eigenvalue weighted by Crippen LogP contribution is 2.09. The molecule has 0 radical (unpaired) electrons. The summed E-state index contributed by atoms with van der Waals surface area (Å²) in [6.45, 7) is 1.93. The monoisotopic (exact) mass is 254 g/mol. The first kappa shape index (κ1) is 14.5. The normalized spacial score (nSPS) is 8.84. The van der Waals surface area contributed by atoms with Crippen molar-refractivity contribution in [2.75, 3.05) is 6.54 Å². The zero-order chi connectivity index (χ0) is 14.1. The van der Waals surface area contributed by atoms with Crippen molar-refractivity contribution in [3.8, 4) is 17.9 Å². The Morgan fingerprint density at radius 3 is 2.74 bits per heavy atom.